The number of nitrogen functional groups attached to an aromatic ring is 1. The van der Waals surface area contributed by atoms with Crippen LogP contribution in [0.25, 0.3) is 22.5 Å². The van der Waals surface area contributed by atoms with Crippen molar-refractivity contribution in [3.05, 3.63) is 58.9 Å². The van der Waals surface area contributed by atoms with Crippen LogP contribution >= 0.6 is 11.6 Å². The van der Waals surface area contributed by atoms with Crippen LogP contribution in [-0.4, -0.2) is 40.1 Å². The molecule has 8 heteroatoms. The van der Waals surface area contributed by atoms with Crippen LogP contribution in [0.15, 0.2) is 42.5 Å². The van der Waals surface area contributed by atoms with Crippen LogP contribution in [0.2, 0.25) is 5.02 Å². The first-order chi connectivity index (χ1) is 15.2. The van der Waals surface area contributed by atoms with Crippen LogP contribution in [0.1, 0.15) is 32.4 Å². The van der Waals surface area contributed by atoms with E-state index in [2.05, 4.69) is 28.7 Å². The van der Waals surface area contributed by atoms with Gasteiger partial charge in [-0.2, -0.15) is 4.98 Å². The van der Waals surface area contributed by atoms with Gasteiger partial charge in [0.15, 0.2) is 5.82 Å². The van der Waals surface area contributed by atoms with E-state index in [-0.39, 0.29) is 18.0 Å². The van der Waals surface area contributed by atoms with Crippen molar-refractivity contribution in [2.45, 2.75) is 39.0 Å². The fraction of sp³-hybridized carbons (Fsp3) is 0.333. The number of hydrogen-bond acceptors (Lipinski definition) is 6. The normalized spacial score (nSPS) is 15.6. The molecule has 1 unspecified atom stereocenters. The second-order valence-electron chi connectivity index (χ2n) is 8.43. The number of benzene rings is 2. The average Bonchev–Trinajstić information content (AvgIpc) is 2.71. The summed E-state index contributed by atoms with van der Waals surface area (Å²) in [5, 5.41) is 0.474. The third-order valence-electron chi connectivity index (χ3n) is 5.66. The summed E-state index contributed by atoms with van der Waals surface area (Å²) in [4.78, 5) is 11.4. The van der Waals surface area contributed by atoms with Crippen LogP contribution in [0.5, 0.6) is 5.88 Å². The van der Waals surface area contributed by atoms with Gasteiger partial charge < -0.3 is 16.2 Å². The molecule has 3 aromatic rings. The topological polar surface area (TPSA) is 90.3 Å². The summed E-state index contributed by atoms with van der Waals surface area (Å²) in [6.45, 7) is 7.80. The molecule has 32 heavy (non-hydrogen) atoms. The Hall–Kier alpha value is -2.74. The Morgan fingerprint density at radius 1 is 1.06 bits per heavy atom. The standard InChI is InChI=1S/C24H27ClFN5O/c1-13(2)31-11-18(12-31)32-24-21(14(3)27)22(28)29-23(30-24)16-6-4-15(5-7-16)19-10-17(25)8-9-20(19)26/h4-10,13-14,18H,11-12,27H2,1-3H3,(H2,28,29,30). The highest BCUT2D eigenvalue weighted by Gasteiger charge is 2.32. The Labute approximate surface area is 192 Å². The molecule has 1 saturated heterocycles. The SMILES string of the molecule is CC(N)c1c(N)nc(-c2ccc(-c3cc(Cl)ccc3F)cc2)nc1OC1CN(C(C)C)C1. The Morgan fingerprint density at radius 3 is 2.34 bits per heavy atom. The van der Waals surface area contributed by atoms with Crippen molar-refractivity contribution in [3.63, 3.8) is 0 Å². The van der Waals surface area contributed by atoms with Crippen molar-refractivity contribution in [3.8, 4) is 28.4 Å². The highest BCUT2D eigenvalue weighted by atomic mass is 35.5. The van der Waals surface area contributed by atoms with Crippen molar-refractivity contribution < 1.29 is 9.13 Å². The minimum atomic E-state index is -0.367. The second-order valence-corrected chi connectivity index (χ2v) is 8.87. The van der Waals surface area contributed by atoms with Gasteiger partial charge in [-0.05, 0) is 44.5 Å². The number of hydrogen-bond donors (Lipinski definition) is 2. The van der Waals surface area contributed by atoms with E-state index in [1.807, 2.05) is 19.1 Å². The van der Waals surface area contributed by atoms with E-state index in [9.17, 15) is 4.39 Å². The lowest BCUT2D eigenvalue weighted by molar-refractivity contribution is -0.00290. The first kappa shape index (κ1) is 22.5. The van der Waals surface area contributed by atoms with E-state index in [4.69, 9.17) is 27.8 Å². The highest BCUT2D eigenvalue weighted by molar-refractivity contribution is 6.30. The molecule has 2 aromatic carbocycles. The lowest BCUT2D eigenvalue weighted by atomic mass is 10.0. The summed E-state index contributed by atoms with van der Waals surface area (Å²) >= 11 is 6.03. The third-order valence-corrected chi connectivity index (χ3v) is 5.90. The monoisotopic (exact) mass is 455 g/mol. The van der Waals surface area contributed by atoms with Gasteiger partial charge in [-0.1, -0.05) is 35.9 Å². The second kappa shape index (κ2) is 9.02. The van der Waals surface area contributed by atoms with Crippen molar-refractivity contribution in [2.75, 3.05) is 18.8 Å². The number of nitrogens with two attached hydrogens (primary N) is 2. The van der Waals surface area contributed by atoms with E-state index in [1.54, 1.807) is 18.2 Å². The predicted octanol–water partition coefficient (Wildman–Crippen LogP) is 4.68. The van der Waals surface area contributed by atoms with Gasteiger partial charge in [0.2, 0.25) is 5.88 Å². The molecule has 4 rings (SSSR count). The number of rotatable bonds is 6. The number of aromatic nitrogens is 2. The molecular formula is C24H27ClFN5O. The van der Waals surface area contributed by atoms with Gasteiger partial charge in [0.05, 0.1) is 5.56 Å². The van der Waals surface area contributed by atoms with Gasteiger partial charge in [-0.25, -0.2) is 9.37 Å². The molecule has 0 radical (unpaired) electrons. The molecule has 0 spiro atoms. The summed E-state index contributed by atoms with van der Waals surface area (Å²) in [6.07, 6.45) is 0.0326. The summed E-state index contributed by atoms with van der Waals surface area (Å²) < 4.78 is 20.4. The first-order valence-corrected chi connectivity index (χ1v) is 11.0. The maximum atomic E-state index is 14.2. The van der Waals surface area contributed by atoms with Crippen LogP contribution in [0.3, 0.4) is 0 Å². The quantitative estimate of drug-likeness (QED) is 0.561. The van der Waals surface area contributed by atoms with E-state index in [0.29, 0.717) is 45.3 Å². The number of likely N-dealkylation sites (tertiary alicyclic amines) is 1. The van der Waals surface area contributed by atoms with Crippen LogP contribution in [0.4, 0.5) is 10.2 Å². The fourth-order valence-electron chi connectivity index (χ4n) is 3.75. The smallest absolute Gasteiger partial charge is 0.224 e. The third kappa shape index (κ3) is 4.55. The molecule has 4 N–H and O–H groups in total. The average molecular weight is 456 g/mol. The summed E-state index contributed by atoms with van der Waals surface area (Å²) in [6, 6.07) is 11.8. The minimum absolute atomic E-state index is 0.0326. The highest BCUT2D eigenvalue weighted by Crippen LogP contribution is 2.33. The molecule has 1 atom stereocenters. The van der Waals surface area contributed by atoms with Crippen LogP contribution in [-0.2, 0) is 0 Å². The lowest BCUT2D eigenvalue weighted by Gasteiger charge is -2.41. The van der Waals surface area contributed by atoms with E-state index in [0.717, 1.165) is 18.7 Å². The summed E-state index contributed by atoms with van der Waals surface area (Å²) in [5.41, 5.74) is 14.8. The molecule has 0 bridgehead atoms. The molecule has 1 fully saturated rings. The molecular weight excluding hydrogens is 429 g/mol. The molecule has 6 nitrogen and oxygen atoms in total. The van der Waals surface area contributed by atoms with Gasteiger partial charge >= 0.3 is 0 Å². The number of ether oxygens (including phenoxy) is 1. The zero-order valence-corrected chi connectivity index (χ0v) is 19.1. The maximum absolute atomic E-state index is 14.2. The zero-order chi connectivity index (χ0) is 23.0. The van der Waals surface area contributed by atoms with Gasteiger partial charge in [0, 0.05) is 41.3 Å². The number of halogens is 2. The molecule has 0 saturated carbocycles. The Morgan fingerprint density at radius 2 is 1.72 bits per heavy atom. The molecule has 0 amide bonds. The summed E-state index contributed by atoms with van der Waals surface area (Å²) in [5.74, 6) is 0.807. The molecule has 1 aromatic heterocycles. The first-order valence-electron chi connectivity index (χ1n) is 10.6. The van der Waals surface area contributed by atoms with Gasteiger partial charge in [0.25, 0.3) is 0 Å². The van der Waals surface area contributed by atoms with E-state index < -0.39 is 0 Å². The Balaban J connectivity index is 1.63. The van der Waals surface area contributed by atoms with Gasteiger partial charge in [0.1, 0.15) is 17.7 Å². The van der Waals surface area contributed by atoms with Crippen molar-refractivity contribution in [2.24, 2.45) is 5.73 Å². The molecule has 1 aliphatic heterocycles. The van der Waals surface area contributed by atoms with Crippen LogP contribution in [0, 0.1) is 5.82 Å². The van der Waals surface area contributed by atoms with Crippen molar-refractivity contribution in [1.29, 1.82) is 0 Å². The van der Waals surface area contributed by atoms with Crippen molar-refractivity contribution in [1.82, 2.24) is 14.9 Å². The predicted molar refractivity (Wildman–Crippen MR) is 126 cm³/mol. The Kier molecular flexibility index (Phi) is 6.33. The molecule has 0 aliphatic carbocycles. The number of anilines is 1. The van der Waals surface area contributed by atoms with Crippen molar-refractivity contribution >= 4 is 17.4 Å². The van der Waals surface area contributed by atoms with Gasteiger partial charge in [-0.3, -0.25) is 4.90 Å². The number of nitrogens with zero attached hydrogens (tertiary/aromatic N) is 3. The Bertz CT molecular complexity index is 1110. The lowest BCUT2D eigenvalue weighted by Crippen LogP contribution is -2.56. The van der Waals surface area contributed by atoms with E-state index >= 15 is 0 Å². The van der Waals surface area contributed by atoms with E-state index in [1.165, 1.54) is 12.1 Å². The van der Waals surface area contributed by atoms with Crippen LogP contribution < -0.4 is 16.2 Å². The largest absolute Gasteiger partial charge is 0.471 e. The zero-order valence-electron chi connectivity index (χ0n) is 18.3. The van der Waals surface area contributed by atoms with Gasteiger partial charge in [-0.15, -0.1) is 0 Å². The fourth-order valence-corrected chi connectivity index (χ4v) is 3.93. The molecule has 2 heterocycles. The summed E-state index contributed by atoms with van der Waals surface area (Å²) in [7, 11) is 0. The minimum Gasteiger partial charge on any atom is -0.471 e. The maximum Gasteiger partial charge on any atom is 0.224 e. The molecule has 168 valence electrons. The molecule has 1 aliphatic rings.